The quantitative estimate of drug-likeness (QED) is 0.243. The van der Waals surface area contributed by atoms with Gasteiger partial charge in [0.15, 0.2) is 17.3 Å². The Kier molecular flexibility index (Phi) is 8.50. The maximum atomic E-state index is 12.6. The summed E-state index contributed by atoms with van der Waals surface area (Å²) in [6.07, 6.45) is 9.25. The Labute approximate surface area is 202 Å². The zero-order valence-corrected chi connectivity index (χ0v) is 19.3. The summed E-state index contributed by atoms with van der Waals surface area (Å²) in [6, 6.07) is 13.1. The van der Waals surface area contributed by atoms with Gasteiger partial charge in [0, 0.05) is 12.4 Å². The van der Waals surface area contributed by atoms with Gasteiger partial charge < -0.3 is 14.9 Å². The number of nitrogens with zero attached hydrogens (tertiary/aromatic N) is 2. The summed E-state index contributed by atoms with van der Waals surface area (Å²) in [5, 5.41) is 23.6. The maximum Gasteiger partial charge on any atom is 0.272 e. The largest absolute Gasteiger partial charge is 0.508 e. The number of phenols is 2. The number of ether oxygens (including phenoxy) is 1. The van der Waals surface area contributed by atoms with Crippen molar-refractivity contribution in [2.75, 3.05) is 7.11 Å². The van der Waals surface area contributed by atoms with E-state index < -0.39 is 5.91 Å². The van der Waals surface area contributed by atoms with Gasteiger partial charge in [0.25, 0.3) is 5.91 Å². The summed E-state index contributed by atoms with van der Waals surface area (Å²) in [5.41, 5.74) is 5.26. The number of carbonyl (C=O) groups is 2. The van der Waals surface area contributed by atoms with E-state index in [1.165, 1.54) is 25.4 Å². The van der Waals surface area contributed by atoms with E-state index in [1.807, 2.05) is 0 Å². The third-order valence-corrected chi connectivity index (χ3v) is 4.93. The van der Waals surface area contributed by atoms with E-state index in [0.717, 1.165) is 5.56 Å². The number of aromatic hydroxyl groups is 2. The van der Waals surface area contributed by atoms with Gasteiger partial charge in [-0.15, -0.1) is 0 Å². The van der Waals surface area contributed by atoms with Gasteiger partial charge in [-0.05, 0) is 72.2 Å². The molecule has 35 heavy (non-hydrogen) atoms. The Balaban J connectivity index is 1.79. The fraction of sp³-hybridized carbons (Fsp3) is 0.111. The molecule has 1 heterocycles. The third kappa shape index (κ3) is 7.40. The molecule has 3 aromatic rings. The molecule has 1 aromatic heterocycles. The number of aromatic nitrogens is 1. The van der Waals surface area contributed by atoms with Gasteiger partial charge in [0.1, 0.15) is 5.75 Å². The van der Waals surface area contributed by atoms with E-state index in [2.05, 4.69) is 15.5 Å². The number of nitrogens with one attached hydrogen (secondary N) is 1. The van der Waals surface area contributed by atoms with Crippen LogP contribution in [0.3, 0.4) is 0 Å². The van der Waals surface area contributed by atoms with Gasteiger partial charge in [-0.2, -0.15) is 5.10 Å². The molecule has 0 saturated carbocycles. The lowest BCUT2D eigenvalue weighted by molar-refractivity contribution is -0.113. The van der Waals surface area contributed by atoms with Gasteiger partial charge in [-0.25, -0.2) is 5.43 Å². The second kappa shape index (κ2) is 11.9. The molecular formula is C27H25N3O5. The first-order valence-corrected chi connectivity index (χ1v) is 10.7. The van der Waals surface area contributed by atoms with Crippen molar-refractivity contribution >= 4 is 29.6 Å². The number of hydrogen-bond donors (Lipinski definition) is 3. The molecule has 0 bridgehead atoms. The Morgan fingerprint density at radius 1 is 1.03 bits per heavy atom. The number of carbonyl (C=O) groups excluding carboxylic acids is 2. The van der Waals surface area contributed by atoms with E-state index in [-0.39, 0.29) is 23.7 Å². The average Bonchev–Trinajstić information content (AvgIpc) is 2.87. The van der Waals surface area contributed by atoms with Crippen LogP contribution in [0, 0.1) is 6.92 Å². The third-order valence-electron chi connectivity index (χ3n) is 4.93. The molecule has 0 radical (unpaired) electrons. The Morgan fingerprint density at radius 3 is 2.43 bits per heavy atom. The first-order valence-electron chi connectivity index (χ1n) is 10.7. The monoisotopic (exact) mass is 471 g/mol. The van der Waals surface area contributed by atoms with Gasteiger partial charge in [0.05, 0.1) is 24.8 Å². The summed E-state index contributed by atoms with van der Waals surface area (Å²) >= 11 is 0. The topological polar surface area (TPSA) is 121 Å². The number of hydrazone groups is 1. The van der Waals surface area contributed by atoms with E-state index in [1.54, 1.807) is 73.8 Å². The minimum Gasteiger partial charge on any atom is -0.508 e. The highest BCUT2D eigenvalue weighted by Gasteiger charge is 2.08. The minimum absolute atomic E-state index is 0.00653. The van der Waals surface area contributed by atoms with Crippen LogP contribution in [-0.2, 0) is 4.79 Å². The van der Waals surface area contributed by atoms with Gasteiger partial charge in [-0.3, -0.25) is 14.6 Å². The molecular weight excluding hydrogens is 446 g/mol. The lowest BCUT2D eigenvalue weighted by Gasteiger charge is -2.05. The zero-order chi connectivity index (χ0) is 25.2. The van der Waals surface area contributed by atoms with Crippen molar-refractivity contribution in [3.8, 4) is 17.2 Å². The van der Waals surface area contributed by atoms with E-state index in [0.29, 0.717) is 28.2 Å². The lowest BCUT2D eigenvalue weighted by atomic mass is 10.1. The molecule has 0 saturated heterocycles. The van der Waals surface area contributed by atoms with E-state index in [4.69, 9.17) is 4.74 Å². The molecule has 1 amide bonds. The summed E-state index contributed by atoms with van der Waals surface area (Å²) in [6.45, 7) is 1.77. The number of aryl methyl sites for hydroxylation is 1. The van der Waals surface area contributed by atoms with Crippen molar-refractivity contribution < 1.29 is 24.5 Å². The maximum absolute atomic E-state index is 12.6. The lowest BCUT2D eigenvalue weighted by Crippen LogP contribution is -2.20. The number of hydrogen-bond acceptors (Lipinski definition) is 7. The van der Waals surface area contributed by atoms with Crippen molar-refractivity contribution in [1.29, 1.82) is 0 Å². The highest BCUT2D eigenvalue weighted by atomic mass is 16.5. The Bertz CT molecular complexity index is 1300. The fourth-order valence-electron chi connectivity index (χ4n) is 3.02. The van der Waals surface area contributed by atoms with Crippen molar-refractivity contribution in [1.82, 2.24) is 10.4 Å². The van der Waals surface area contributed by atoms with Crippen LogP contribution in [-0.4, -0.2) is 39.7 Å². The van der Waals surface area contributed by atoms with Gasteiger partial charge >= 0.3 is 0 Å². The van der Waals surface area contributed by atoms with E-state index >= 15 is 0 Å². The molecule has 0 aliphatic heterocycles. The zero-order valence-electron chi connectivity index (χ0n) is 19.3. The number of rotatable bonds is 9. The van der Waals surface area contributed by atoms with Crippen molar-refractivity contribution in [3.05, 3.63) is 95.3 Å². The van der Waals surface area contributed by atoms with Crippen molar-refractivity contribution in [2.24, 2.45) is 5.10 Å². The first-order chi connectivity index (χ1) is 16.9. The number of phenolic OH excluding ortho intramolecular Hbond substituents is 2. The van der Waals surface area contributed by atoms with Crippen LogP contribution in [0.15, 0.2) is 78.2 Å². The number of methoxy groups -OCH3 is 1. The first kappa shape index (κ1) is 24.9. The Morgan fingerprint density at radius 2 is 1.74 bits per heavy atom. The molecule has 0 fully saturated rings. The van der Waals surface area contributed by atoms with E-state index in [9.17, 15) is 19.8 Å². The molecule has 3 rings (SSSR count). The smallest absolute Gasteiger partial charge is 0.272 e. The molecule has 8 heteroatoms. The predicted octanol–water partition coefficient (Wildman–Crippen LogP) is 4.28. The second-order valence-corrected chi connectivity index (χ2v) is 7.57. The summed E-state index contributed by atoms with van der Waals surface area (Å²) in [4.78, 5) is 28.9. The molecule has 0 atom stereocenters. The van der Waals surface area contributed by atoms with Crippen LogP contribution < -0.4 is 10.2 Å². The van der Waals surface area contributed by atoms with Gasteiger partial charge in [0.2, 0.25) is 0 Å². The van der Waals surface area contributed by atoms with Crippen LogP contribution >= 0.6 is 0 Å². The normalized spacial score (nSPS) is 11.7. The number of amides is 1. The van der Waals surface area contributed by atoms with Crippen molar-refractivity contribution in [3.63, 3.8) is 0 Å². The number of pyridine rings is 1. The molecule has 178 valence electrons. The molecule has 2 aromatic carbocycles. The summed E-state index contributed by atoms with van der Waals surface area (Å²) < 4.78 is 5.12. The standard InChI is InChI=1S/C27H25N3O5/c1-18-14-19(7-11-24(18)32)6-10-23(31)16-22(29-30-27(34)21-4-3-13-28-17-21)9-5-20-8-12-25(33)26(15-20)35-2/h3-15,17,32-33H,16H2,1-2H3,(H,30,34)/b9-5+,10-6+,29-22+. The van der Waals surface area contributed by atoms with Gasteiger partial charge in [-0.1, -0.05) is 24.3 Å². The van der Waals surface area contributed by atoms with Crippen LogP contribution in [0.25, 0.3) is 12.2 Å². The highest BCUT2D eigenvalue weighted by Crippen LogP contribution is 2.26. The summed E-state index contributed by atoms with van der Waals surface area (Å²) in [5.74, 6) is -0.204. The molecule has 0 unspecified atom stereocenters. The van der Waals surface area contributed by atoms with Crippen LogP contribution in [0.5, 0.6) is 17.2 Å². The summed E-state index contributed by atoms with van der Waals surface area (Å²) in [7, 11) is 1.45. The predicted molar refractivity (Wildman–Crippen MR) is 134 cm³/mol. The number of ketones is 1. The highest BCUT2D eigenvalue weighted by molar-refractivity contribution is 6.13. The molecule has 0 aliphatic carbocycles. The van der Waals surface area contributed by atoms with Crippen LogP contribution in [0.2, 0.25) is 0 Å². The molecule has 0 aliphatic rings. The molecule has 3 N–H and O–H groups in total. The second-order valence-electron chi connectivity index (χ2n) is 7.57. The number of benzene rings is 2. The molecule has 0 spiro atoms. The number of allylic oxidation sites excluding steroid dienone is 2. The van der Waals surface area contributed by atoms with Crippen molar-refractivity contribution in [2.45, 2.75) is 13.3 Å². The SMILES string of the molecule is COc1cc(/C=C/C(CC(=O)/C=C/c2ccc(O)c(C)c2)=N\NC(=O)c2cccnc2)ccc1O. The van der Waals surface area contributed by atoms with Crippen LogP contribution in [0.4, 0.5) is 0 Å². The fourth-order valence-corrected chi connectivity index (χ4v) is 3.02. The minimum atomic E-state index is -0.460. The van der Waals surface area contributed by atoms with Crippen LogP contribution in [0.1, 0.15) is 33.5 Å². The average molecular weight is 472 g/mol. The Hall–Kier alpha value is -4.72. The molecule has 8 nitrogen and oxygen atoms in total.